The van der Waals surface area contributed by atoms with Crippen molar-refractivity contribution in [2.45, 2.75) is 51.1 Å². The van der Waals surface area contributed by atoms with E-state index in [1.807, 2.05) is 14.0 Å². The Kier molecular flexibility index (Phi) is 7.15. The lowest BCUT2D eigenvalue weighted by Gasteiger charge is -2.38. The number of hydrogen-bond acceptors (Lipinski definition) is 5. The maximum atomic E-state index is 14.3. The van der Waals surface area contributed by atoms with Crippen LogP contribution >= 0.6 is 0 Å². The van der Waals surface area contributed by atoms with Crippen molar-refractivity contribution in [1.29, 1.82) is 0 Å². The minimum absolute atomic E-state index is 0.0203. The standard InChI is InChI=1S/C24H32FN3O3/c1-6-31-18-7-8-20(25)19(14-18)16(2)13-22(30-5)26-17(3)21-9-10-24(27-21)11-12-28(4)23(29)15-24/h7-8,13-14,21,27H,3,6,9-12,15H2,1-2,4-5H3. The zero-order valence-electron chi connectivity index (χ0n) is 18.8. The van der Waals surface area contributed by atoms with Crippen LogP contribution in [0.5, 0.6) is 5.75 Å². The van der Waals surface area contributed by atoms with Crippen LogP contribution in [0.3, 0.4) is 0 Å². The summed E-state index contributed by atoms with van der Waals surface area (Å²) in [4.78, 5) is 18.5. The SMILES string of the molecule is C=C(N=C(C=C(C)c1cc(OCC)ccc1F)OC)C1CCC2(CCN(C)C(=O)C2)N1. The van der Waals surface area contributed by atoms with Gasteiger partial charge in [-0.15, -0.1) is 0 Å². The molecule has 2 fully saturated rings. The van der Waals surface area contributed by atoms with Gasteiger partial charge < -0.3 is 19.7 Å². The molecule has 1 N–H and O–H groups in total. The molecule has 2 atom stereocenters. The Morgan fingerprint density at radius 3 is 2.90 bits per heavy atom. The summed E-state index contributed by atoms with van der Waals surface area (Å²) in [5.41, 5.74) is 1.58. The number of carbonyl (C=O) groups excluding carboxylic acids is 1. The van der Waals surface area contributed by atoms with Crippen molar-refractivity contribution in [2.24, 2.45) is 4.99 Å². The summed E-state index contributed by atoms with van der Waals surface area (Å²) in [5, 5.41) is 3.60. The zero-order chi connectivity index (χ0) is 22.6. The first-order valence-corrected chi connectivity index (χ1v) is 10.7. The first-order valence-electron chi connectivity index (χ1n) is 10.7. The highest BCUT2D eigenvalue weighted by atomic mass is 19.1. The molecule has 2 saturated heterocycles. The highest BCUT2D eigenvalue weighted by Gasteiger charge is 2.43. The van der Waals surface area contributed by atoms with E-state index in [4.69, 9.17) is 9.47 Å². The van der Waals surface area contributed by atoms with Crippen molar-refractivity contribution in [3.05, 3.63) is 47.9 Å². The fourth-order valence-electron chi connectivity index (χ4n) is 4.22. The predicted molar refractivity (Wildman–Crippen MR) is 121 cm³/mol. The molecular weight excluding hydrogens is 397 g/mol. The summed E-state index contributed by atoms with van der Waals surface area (Å²) in [6.07, 6.45) is 4.91. The molecule has 2 heterocycles. The molecule has 0 aliphatic carbocycles. The van der Waals surface area contributed by atoms with Crippen LogP contribution in [0.15, 0.2) is 41.5 Å². The fourth-order valence-corrected chi connectivity index (χ4v) is 4.22. The number of nitrogens with zero attached hydrogens (tertiary/aromatic N) is 2. The molecule has 0 bridgehead atoms. The van der Waals surface area contributed by atoms with Gasteiger partial charge in [0.1, 0.15) is 11.6 Å². The van der Waals surface area contributed by atoms with E-state index in [-0.39, 0.29) is 23.3 Å². The van der Waals surface area contributed by atoms with E-state index in [1.165, 1.54) is 13.2 Å². The highest BCUT2D eigenvalue weighted by molar-refractivity contribution is 5.95. The average molecular weight is 430 g/mol. The smallest absolute Gasteiger partial charge is 0.224 e. The van der Waals surface area contributed by atoms with Crippen molar-refractivity contribution < 1.29 is 18.7 Å². The Labute approximate surface area is 183 Å². The summed E-state index contributed by atoms with van der Waals surface area (Å²) in [6.45, 7) is 9.08. The molecule has 1 aromatic rings. The molecule has 3 rings (SSSR count). The molecular formula is C24H32FN3O3. The van der Waals surface area contributed by atoms with E-state index in [0.717, 1.165) is 25.8 Å². The lowest BCUT2D eigenvalue weighted by Crippen LogP contribution is -2.53. The summed E-state index contributed by atoms with van der Waals surface area (Å²) in [5.74, 6) is 0.796. The number of aliphatic imine (C=N–C) groups is 1. The van der Waals surface area contributed by atoms with E-state index >= 15 is 0 Å². The summed E-state index contributed by atoms with van der Waals surface area (Å²) >= 11 is 0. The second-order valence-corrected chi connectivity index (χ2v) is 8.31. The third-order valence-corrected chi connectivity index (χ3v) is 6.11. The summed E-state index contributed by atoms with van der Waals surface area (Å²) in [7, 11) is 3.37. The molecule has 1 aromatic carbocycles. The monoisotopic (exact) mass is 429 g/mol. The fraction of sp³-hybridized carbons (Fsp3) is 0.500. The number of rotatable bonds is 6. The van der Waals surface area contributed by atoms with Gasteiger partial charge >= 0.3 is 0 Å². The molecule has 0 saturated carbocycles. The van der Waals surface area contributed by atoms with Crippen LogP contribution in [0.25, 0.3) is 5.57 Å². The van der Waals surface area contributed by atoms with Gasteiger partial charge in [0.05, 0.1) is 19.4 Å². The number of allylic oxidation sites excluding steroid dienone is 1. The molecule has 168 valence electrons. The molecule has 2 aliphatic rings. The third kappa shape index (κ3) is 5.34. The van der Waals surface area contributed by atoms with Gasteiger partial charge in [0.15, 0.2) is 0 Å². The number of ether oxygens (including phenoxy) is 2. The molecule has 2 aliphatic heterocycles. The number of amides is 1. The van der Waals surface area contributed by atoms with E-state index in [0.29, 0.717) is 41.5 Å². The first-order chi connectivity index (χ1) is 14.8. The van der Waals surface area contributed by atoms with Crippen molar-refractivity contribution in [3.8, 4) is 5.75 Å². The highest BCUT2D eigenvalue weighted by Crippen LogP contribution is 2.35. The molecule has 0 aromatic heterocycles. The molecule has 1 amide bonds. The van der Waals surface area contributed by atoms with Gasteiger partial charge in [-0.3, -0.25) is 4.79 Å². The summed E-state index contributed by atoms with van der Waals surface area (Å²) in [6, 6.07) is 4.66. The number of benzene rings is 1. The Bertz CT molecular complexity index is 911. The van der Waals surface area contributed by atoms with E-state index in [1.54, 1.807) is 30.0 Å². The number of hydrogen-bond donors (Lipinski definition) is 1. The average Bonchev–Trinajstić information content (AvgIpc) is 3.15. The number of carbonyl (C=O) groups is 1. The van der Waals surface area contributed by atoms with Crippen LogP contribution in [0.1, 0.15) is 45.1 Å². The molecule has 31 heavy (non-hydrogen) atoms. The largest absolute Gasteiger partial charge is 0.494 e. The van der Waals surface area contributed by atoms with Crippen LogP contribution < -0.4 is 10.1 Å². The quantitative estimate of drug-likeness (QED) is 0.550. The van der Waals surface area contributed by atoms with Crippen molar-refractivity contribution in [3.63, 3.8) is 0 Å². The van der Waals surface area contributed by atoms with Crippen LogP contribution in [-0.2, 0) is 9.53 Å². The lowest BCUT2D eigenvalue weighted by molar-refractivity contribution is -0.134. The van der Waals surface area contributed by atoms with Gasteiger partial charge in [0.25, 0.3) is 0 Å². The maximum absolute atomic E-state index is 14.3. The van der Waals surface area contributed by atoms with Gasteiger partial charge in [-0.2, -0.15) is 0 Å². The Hall–Kier alpha value is -2.67. The minimum Gasteiger partial charge on any atom is -0.494 e. The molecule has 1 spiro atoms. The Morgan fingerprint density at radius 2 is 2.23 bits per heavy atom. The Balaban J connectivity index is 1.74. The number of halogens is 1. The number of nitrogens with one attached hydrogen (secondary N) is 1. The number of piperidine rings is 1. The van der Waals surface area contributed by atoms with E-state index in [2.05, 4.69) is 16.9 Å². The number of methoxy groups -OCH3 is 1. The molecule has 2 unspecified atom stereocenters. The van der Waals surface area contributed by atoms with Gasteiger partial charge in [-0.25, -0.2) is 9.38 Å². The van der Waals surface area contributed by atoms with Gasteiger partial charge in [-0.1, -0.05) is 6.58 Å². The topological polar surface area (TPSA) is 63.2 Å². The Morgan fingerprint density at radius 1 is 1.45 bits per heavy atom. The van der Waals surface area contributed by atoms with E-state index in [9.17, 15) is 9.18 Å². The van der Waals surface area contributed by atoms with Crippen LogP contribution in [0.4, 0.5) is 4.39 Å². The van der Waals surface area contributed by atoms with Gasteiger partial charge in [0, 0.05) is 43.2 Å². The van der Waals surface area contributed by atoms with Crippen LogP contribution in [0, 0.1) is 5.82 Å². The first kappa shape index (κ1) is 23.0. The third-order valence-electron chi connectivity index (χ3n) is 6.11. The minimum atomic E-state index is -0.335. The molecule has 6 nitrogen and oxygen atoms in total. The van der Waals surface area contributed by atoms with Crippen molar-refractivity contribution in [1.82, 2.24) is 10.2 Å². The van der Waals surface area contributed by atoms with Gasteiger partial charge in [-0.05, 0) is 56.9 Å². The van der Waals surface area contributed by atoms with E-state index < -0.39 is 0 Å². The van der Waals surface area contributed by atoms with Crippen LogP contribution in [-0.4, -0.2) is 55.6 Å². The van der Waals surface area contributed by atoms with Gasteiger partial charge in [0.2, 0.25) is 11.8 Å². The number of likely N-dealkylation sites (tertiary alicyclic amines) is 1. The van der Waals surface area contributed by atoms with Crippen LogP contribution in [0.2, 0.25) is 0 Å². The molecule has 7 heteroatoms. The second kappa shape index (κ2) is 9.64. The maximum Gasteiger partial charge on any atom is 0.224 e. The van der Waals surface area contributed by atoms with Crippen molar-refractivity contribution >= 4 is 17.4 Å². The predicted octanol–water partition coefficient (Wildman–Crippen LogP) is 3.93. The van der Waals surface area contributed by atoms with Crippen molar-refractivity contribution in [2.75, 3.05) is 27.3 Å². The summed E-state index contributed by atoms with van der Waals surface area (Å²) < 4.78 is 25.3. The lowest BCUT2D eigenvalue weighted by atomic mass is 9.86. The normalized spacial score (nSPS) is 24.6. The second-order valence-electron chi connectivity index (χ2n) is 8.31. The molecule has 0 radical (unpaired) electrons. The zero-order valence-corrected chi connectivity index (χ0v) is 18.8.